The van der Waals surface area contributed by atoms with Crippen LogP contribution in [0, 0.1) is 5.82 Å². The predicted molar refractivity (Wildman–Crippen MR) is 72.3 cm³/mol. The van der Waals surface area contributed by atoms with Crippen molar-refractivity contribution in [2.45, 2.75) is 39.3 Å². The van der Waals surface area contributed by atoms with Crippen LogP contribution in [-0.2, 0) is 4.74 Å². The smallest absolute Gasteiger partial charge is 0.422 e. The molecule has 0 saturated carbocycles. The number of ether oxygens (including phenoxy) is 1. The number of amides is 1. The largest absolute Gasteiger partial charge is 0.443 e. The molecule has 19 heavy (non-hydrogen) atoms. The Bertz CT molecular complexity index is 460. The van der Waals surface area contributed by atoms with Gasteiger partial charge in [-0.3, -0.25) is 5.43 Å². The molecule has 1 atom stereocenters. The molecule has 1 aromatic rings. The van der Waals surface area contributed by atoms with Crippen LogP contribution in [0.1, 0.15) is 39.3 Å². The quantitative estimate of drug-likeness (QED) is 0.836. The number of nitrogens with one attached hydrogen (secondary N) is 2. The molecule has 6 heteroatoms. The van der Waals surface area contributed by atoms with Crippen LogP contribution in [0.25, 0.3) is 0 Å². The van der Waals surface area contributed by atoms with Gasteiger partial charge in [0.2, 0.25) is 0 Å². The lowest BCUT2D eigenvalue weighted by Gasteiger charge is -2.21. The van der Waals surface area contributed by atoms with Gasteiger partial charge in [-0.1, -0.05) is 17.7 Å². The summed E-state index contributed by atoms with van der Waals surface area (Å²) >= 11 is 5.60. The van der Waals surface area contributed by atoms with Crippen molar-refractivity contribution in [3.63, 3.8) is 0 Å². The summed E-state index contributed by atoms with van der Waals surface area (Å²) < 4.78 is 18.3. The Balaban J connectivity index is 2.53. The molecule has 106 valence electrons. The van der Waals surface area contributed by atoms with Gasteiger partial charge in [-0.2, -0.15) is 0 Å². The van der Waals surface area contributed by atoms with E-state index in [1.165, 1.54) is 12.1 Å². The van der Waals surface area contributed by atoms with Crippen LogP contribution >= 0.6 is 11.6 Å². The molecule has 0 spiro atoms. The monoisotopic (exact) mass is 288 g/mol. The van der Waals surface area contributed by atoms with Gasteiger partial charge in [0.15, 0.2) is 0 Å². The summed E-state index contributed by atoms with van der Waals surface area (Å²) in [4.78, 5) is 11.4. The maximum absolute atomic E-state index is 13.3. The topological polar surface area (TPSA) is 50.4 Å². The predicted octanol–water partition coefficient (Wildman–Crippen LogP) is 3.57. The Hall–Kier alpha value is -1.33. The summed E-state index contributed by atoms with van der Waals surface area (Å²) in [5.74, 6) is -0.495. The van der Waals surface area contributed by atoms with E-state index in [0.29, 0.717) is 5.56 Å². The Morgan fingerprint density at radius 1 is 1.42 bits per heavy atom. The zero-order valence-electron chi connectivity index (χ0n) is 11.4. The number of rotatable bonds is 3. The first-order valence-electron chi connectivity index (χ1n) is 5.88. The highest BCUT2D eigenvalue weighted by Gasteiger charge is 2.16. The summed E-state index contributed by atoms with van der Waals surface area (Å²) in [6.07, 6.45) is -0.589. The van der Waals surface area contributed by atoms with Crippen LogP contribution in [0.2, 0.25) is 5.02 Å². The average Bonchev–Trinajstić information content (AvgIpc) is 2.27. The van der Waals surface area contributed by atoms with Crippen LogP contribution in [-0.4, -0.2) is 11.7 Å². The second kappa shape index (κ2) is 6.21. The van der Waals surface area contributed by atoms with E-state index in [2.05, 4.69) is 10.9 Å². The van der Waals surface area contributed by atoms with Crippen LogP contribution in [0.15, 0.2) is 18.2 Å². The minimum atomic E-state index is -0.589. The lowest BCUT2D eigenvalue weighted by molar-refractivity contribution is 0.0489. The molecule has 0 heterocycles. The fourth-order valence-corrected chi connectivity index (χ4v) is 1.45. The van der Waals surface area contributed by atoms with Crippen LogP contribution in [0.5, 0.6) is 0 Å². The molecule has 4 nitrogen and oxygen atoms in total. The molecule has 1 amide bonds. The maximum Gasteiger partial charge on any atom is 0.422 e. The van der Waals surface area contributed by atoms with Crippen LogP contribution in [0.4, 0.5) is 9.18 Å². The Labute approximate surface area is 117 Å². The number of carbonyl (C=O) groups excluding carboxylic acids is 1. The third kappa shape index (κ3) is 5.44. The van der Waals surface area contributed by atoms with Gasteiger partial charge in [-0.15, -0.1) is 0 Å². The van der Waals surface area contributed by atoms with Gasteiger partial charge < -0.3 is 4.74 Å². The molecular weight excluding hydrogens is 271 g/mol. The van der Waals surface area contributed by atoms with Crippen molar-refractivity contribution in [1.82, 2.24) is 10.9 Å². The summed E-state index contributed by atoms with van der Waals surface area (Å²) in [5, 5.41) is 0.0658. The van der Waals surface area contributed by atoms with Gasteiger partial charge in [0, 0.05) is 6.04 Å². The zero-order chi connectivity index (χ0) is 14.6. The van der Waals surface area contributed by atoms with Crippen LogP contribution in [0.3, 0.4) is 0 Å². The first kappa shape index (κ1) is 15.7. The lowest BCUT2D eigenvalue weighted by Crippen LogP contribution is -2.42. The van der Waals surface area contributed by atoms with Crippen molar-refractivity contribution in [2.24, 2.45) is 0 Å². The summed E-state index contributed by atoms with van der Waals surface area (Å²) in [5.41, 5.74) is 5.24. The molecular formula is C13H18ClFN2O2. The van der Waals surface area contributed by atoms with E-state index in [9.17, 15) is 9.18 Å². The summed E-state index contributed by atoms with van der Waals surface area (Å²) in [6.45, 7) is 7.08. The summed E-state index contributed by atoms with van der Waals surface area (Å²) in [7, 11) is 0. The average molecular weight is 289 g/mol. The number of benzene rings is 1. The molecule has 0 aliphatic carbocycles. The summed E-state index contributed by atoms with van der Waals surface area (Å²) in [6, 6.07) is 4.19. The third-order valence-electron chi connectivity index (χ3n) is 2.23. The lowest BCUT2D eigenvalue weighted by atomic mass is 10.1. The fraction of sp³-hybridized carbons (Fsp3) is 0.462. The minimum Gasteiger partial charge on any atom is -0.443 e. The van der Waals surface area contributed by atoms with Crippen LogP contribution < -0.4 is 10.9 Å². The van der Waals surface area contributed by atoms with Crippen molar-refractivity contribution < 1.29 is 13.9 Å². The van der Waals surface area contributed by atoms with Gasteiger partial charge in [0.25, 0.3) is 0 Å². The van der Waals surface area contributed by atoms with Gasteiger partial charge in [-0.25, -0.2) is 14.6 Å². The van der Waals surface area contributed by atoms with Gasteiger partial charge in [0.1, 0.15) is 11.4 Å². The van der Waals surface area contributed by atoms with Crippen molar-refractivity contribution >= 4 is 17.7 Å². The highest BCUT2D eigenvalue weighted by molar-refractivity contribution is 6.30. The highest BCUT2D eigenvalue weighted by atomic mass is 35.5. The SMILES string of the molecule is CC(NNC(=O)OC(C)(C)C)c1ccc(Cl)c(F)c1. The van der Waals surface area contributed by atoms with E-state index >= 15 is 0 Å². The number of hydrogen-bond acceptors (Lipinski definition) is 3. The highest BCUT2D eigenvalue weighted by Crippen LogP contribution is 2.19. The molecule has 0 bridgehead atoms. The second-order valence-electron chi connectivity index (χ2n) is 5.17. The fourth-order valence-electron chi connectivity index (χ4n) is 1.34. The van der Waals surface area contributed by atoms with Crippen molar-refractivity contribution in [3.05, 3.63) is 34.6 Å². The van der Waals surface area contributed by atoms with E-state index in [4.69, 9.17) is 16.3 Å². The second-order valence-corrected chi connectivity index (χ2v) is 5.57. The number of carbonyl (C=O) groups is 1. The number of hydrazine groups is 1. The Morgan fingerprint density at radius 2 is 2.05 bits per heavy atom. The van der Waals surface area contributed by atoms with E-state index in [1.807, 2.05) is 0 Å². The van der Waals surface area contributed by atoms with Gasteiger partial charge >= 0.3 is 6.09 Å². The molecule has 1 unspecified atom stereocenters. The van der Waals surface area contributed by atoms with Gasteiger partial charge in [0.05, 0.1) is 5.02 Å². The standard InChI is InChI=1S/C13H18ClFN2O2/c1-8(9-5-6-10(14)11(15)7-9)16-17-12(18)19-13(2,3)4/h5-8,16H,1-4H3,(H,17,18). The molecule has 0 radical (unpaired) electrons. The van der Waals surface area contributed by atoms with E-state index in [-0.39, 0.29) is 11.1 Å². The zero-order valence-corrected chi connectivity index (χ0v) is 12.1. The number of halogens is 2. The minimum absolute atomic E-state index is 0.0658. The van der Waals surface area contributed by atoms with Gasteiger partial charge in [-0.05, 0) is 45.4 Å². The maximum atomic E-state index is 13.3. The van der Waals surface area contributed by atoms with Crippen molar-refractivity contribution in [3.8, 4) is 0 Å². The Morgan fingerprint density at radius 3 is 2.58 bits per heavy atom. The molecule has 2 N–H and O–H groups in total. The molecule has 0 aromatic heterocycles. The molecule has 0 fully saturated rings. The normalized spacial score (nSPS) is 12.9. The van der Waals surface area contributed by atoms with Crippen molar-refractivity contribution in [1.29, 1.82) is 0 Å². The molecule has 1 rings (SSSR count). The molecule has 0 saturated heterocycles. The third-order valence-corrected chi connectivity index (χ3v) is 2.54. The van der Waals surface area contributed by atoms with E-state index in [1.54, 1.807) is 33.8 Å². The molecule has 0 aliphatic heterocycles. The molecule has 0 aliphatic rings. The Kier molecular flexibility index (Phi) is 5.14. The van der Waals surface area contributed by atoms with E-state index in [0.717, 1.165) is 0 Å². The van der Waals surface area contributed by atoms with E-state index < -0.39 is 17.5 Å². The first-order valence-corrected chi connectivity index (χ1v) is 6.26. The first-order chi connectivity index (χ1) is 8.69. The van der Waals surface area contributed by atoms with Crippen molar-refractivity contribution in [2.75, 3.05) is 0 Å². The molecule has 1 aromatic carbocycles. The number of hydrogen-bond donors (Lipinski definition) is 2.